The molecule has 0 saturated heterocycles. The van der Waals surface area contributed by atoms with Gasteiger partial charge in [-0.15, -0.1) is 0 Å². The summed E-state index contributed by atoms with van der Waals surface area (Å²) in [5.74, 6) is -0.197. The third kappa shape index (κ3) is 3.62. The number of benzene rings is 1. The predicted molar refractivity (Wildman–Crippen MR) is 77.0 cm³/mol. The molecule has 0 spiro atoms. The Balaban J connectivity index is 2.19. The normalized spacial score (nSPS) is 10.2. The average Bonchev–Trinajstić information content (AvgIpc) is 2.41. The van der Waals surface area contributed by atoms with Crippen LogP contribution in [0.2, 0.25) is 0 Å². The second kappa shape index (κ2) is 6.45. The van der Waals surface area contributed by atoms with Gasteiger partial charge in [0.25, 0.3) is 5.91 Å². The van der Waals surface area contributed by atoms with Crippen molar-refractivity contribution in [2.45, 2.75) is 6.61 Å². The van der Waals surface area contributed by atoms with Crippen molar-refractivity contribution in [3.8, 4) is 0 Å². The SMILES string of the molecule is COCc1ccccc1NC(=O)c1cncc(Br)c1. The number of aromatic nitrogens is 1. The lowest BCUT2D eigenvalue weighted by Gasteiger charge is -2.10. The molecule has 0 atom stereocenters. The lowest BCUT2D eigenvalue weighted by atomic mass is 10.1. The summed E-state index contributed by atoms with van der Waals surface area (Å²) in [6.07, 6.45) is 3.16. The van der Waals surface area contributed by atoms with Crippen LogP contribution in [-0.2, 0) is 11.3 Å². The van der Waals surface area contributed by atoms with Gasteiger partial charge >= 0.3 is 0 Å². The highest BCUT2D eigenvalue weighted by Crippen LogP contribution is 2.17. The van der Waals surface area contributed by atoms with E-state index in [-0.39, 0.29) is 5.91 Å². The average molecular weight is 321 g/mol. The smallest absolute Gasteiger partial charge is 0.257 e. The Labute approximate surface area is 119 Å². The molecule has 0 saturated carbocycles. The number of nitrogens with zero attached hydrogens (tertiary/aromatic N) is 1. The third-order valence-electron chi connectivity index (χ3n) is 2.53. The molecule has 0 aliphatic heterocycles. The molecule has 1 heterocycles. The lowest BCUT2D eigenvalue weighted by Crippen LogP contribution is -2.13. The number of carbonyl (C=O) groups is 1. The standard InChI is InChI=1S/C14H13BrN2O2/c1-19-9-10-4-2-3-5-13(10)17-14(18)11-6-12(15)8-16-7-11/h2-8H,9H2,1H3,(H,17,18). The molecule has 0 aliphatic carbocycles. The topological polar surface area (TPSA) is 51.2 Å². The van der Waals surface area contributed by atoms with Crippen LogP contribution in [0.1, 0.15) is 15.9 Å². The second-order valence-electron chi connectivity index (χ2n) is 3.94. The van der Waals surface area contributed by atoms with Gasteiger partial charge in [-0.2, -0.15) is 0 Å². The van der Waals surface area contributed by atoms with Gasteiger partial charge in [-0.25, -0.2) is 0 Å². The number of amides is 1. The Morgan fingerprint density at radius 3 is 2.89 bits per heavy atom. The summed E-state index contributed by atoms with van der Waals surface area (Å²) in [7, 11) is 1.62. The maximum absolute atomic E-state index is 12.1. The first-order chi connectivity index (χ1) is 9.20. The van der Waals surface area contributed by atoms with Gasteiger partial charge in [-0.1, -0.05) is 18.2 Å². The number of hydrogen-bond acceptors (Lipinski definition) is 3. The van der Waals surface area contributed by atoms with Crippen molar-refractivity contribution < 1.29 is 9.53 Å². The zero-order chi connectivity index (χ0) is 13.7. The summed E-state index contributed by atoms with van der Waals surface area (Å²) in [6.45, 7) is 0.452. The molecule has 1 amide bonds. The first-order valence-electron chi connectivity index (χ1n) is 5.69. The summed E-state index contributed by atoms with van der Waals surface area (Å²) in [5, 5.41) is 2.86. The van der Waals surface area contributed by atoms with Crippen molar-refractivity contribution in [3.05, 3.63) is 58.3 Å². The molecule has 1 aromatic heterocycles. The van der Waals surface area contributed by atoms with E-state index in [1.54, 1.807) is 19.4 Å². The molecular formula is C14H13BrN2O2. The molecular weight excluding hydrogens is 308 g/mol. The maximum Gasteiger partial charge on any atom is 0.257 e. The summed E-state index contributed by atoms with van der Waals surface area (Å²) in [4.78, 5) is 16.1. The Hall–Kier alpha value is -1.72. The first kappa shape index (κ1) is 13.7. The van der Waals surface area contributed by atoms with Crippen LogP contribution in [0.3, 0.4) is 0 Å². The number of carbonyl (C=O) groups excluding carboxylic acids is 1. The van der Waals surface area contributed by atoms with Crippen LogP contribution >= 0.6 is 15.9 Å². The number of ether oxygens (including phenoxy) is 1. The van der Waals surface area contributed by atoms with Gasteiger partial charge in [-0.3, -0.25) is 9.78 Å². The Kier molecular flexibility index (Phi) is 4.65. The number of para-hydroxylation sites is 1. The van der Waals surface area contributed by atoms with Crippen LogP contribution in [0.5, 0.6) is 0 Å². The van der Waals surface area contributed by atoms with Gasteiger partial charge in [0.05, 0.1) is 12.2 Å². The number of halogens is 1. The molecule has 0 unspecified atom stereocenters. The fraction of sp³-hybridized carbons (Fsp3) is 0.143. The van der Waals surface area contributed by atoms with E-state index in [1.165, 1.54) is 6.20 Å². The van der Waals surface area contributed by atoms with Crippen molar-refractivity contribution in [1.82, 2.24) is 4.98 Å². The Morgan fingerprint density at radius 1 is 1.37 bits per heavy atom. The van der Waals surface area contributed by atoms with Gasteiger partial charge < -0.3 is 10.1 Å². The highest BCUT2D eigenvalue weighted by atomic mass is 79.9. The Morgan fingerprint density at radius 2 is 2.16 bits per heavy atom. The van der Waals surface area contributed by atoms with Crippen LogP contribution in [0, 0.1) is 0 Å². The molecule has 0 aliphatic rings. The van der Waals surface area contributed by atoms with Crippen LogP contribution in [0.15, 0.2) is 47.2 Å². The number of pyridine rings is 1. The zero-order valence-electron chi connectivity index (χ0n) is 10.4. The molecule has 98 valence electrons. The van der Waals surface area contributed by atoms with Crippen LogP contribution in [-0.4, -0.2) is 18.0 Å². The minimum absolute atomic E-state index is 0.197. The minimum atomic E-state index is -0.197. The largest absolute Gasteiger partial charge is 0.380 e. The predicted octanol–water partition coefficient (Wildman–Crippen LogP) is 3.24. The van der Waals surface area contributed by atoms with E-state index in [0.29, 0.717) is 12.2 Å². The highest BCUT2D eigenvalue weighted by molar-refractivity contribution is 9.10. The van der Waals surface area contributed by atoms with E-state index in [1.807, 2.05) is 24.3 Å². The first-order valence-corrected chi connectivity index (χ1v) is 6.49. The van der Waals surface area contributed by atoms with E-state index in [2.05, 4.69) is 26.2 Å². The van der Waals surface area contributed by atoms with Gasteiger partial charge in [0.15, 0.2) is 0 Å². The van der Waals surface area contributed by atoms with Crippen molar-refractivity contribution >= 4 is 27.5 Å². The van der Waals surface area contributed by atoms with Gasteiger partial charge in [0.2, 0.25) is 0 Å². The lowest BCUT2D eigenvalue weighted by molar-refractivity contribution is 0.102. The van der Waals surface area contributed by atoms with E-state index < -0.39 is 0 Å². The second-order valence-corrected chi connectivity index (χ2v) is 4.85. The van der Waals surface area contributed by atoms with Gasteiger partial charge in [-0.05, 0) is 28.1 Å². The van der Waals surface area contributed by atoms with Crippen LogP contribution in [0.25, 0.3) is 0 Å². The molecule has 19 heavy (non-hydrogen) atoms. The van der Waals surface area contributed by atoms with Gasteiger partial charge in [0, 0.05) is 35.2 Å². The number of anilines is 1. The molecule has 0 fully saturated rings. The number of methoxy groups -OCH3 is 1. The van der Waals surface area contributed by atoms with Crippen molar-refractivity contribution in [1.29, 1.82) is 0 Å². The van der Waals surface area contributed by atoms with Crippen LogP contribution < -0.4 is 5.32 Å². The molecule has 1 aromatic carbocycles. The Bertz CT molecular complexity index is 587. The van der Waals surface area contributed by atoms with Crippen molar-refractivity contribution in [2.75, 3.05) is 12.4 Å². The fourth-order valence-electron chi connectivity index (χ4n) is 1.65. The van der Waals surface area contributed by atoms with E-state index in [0.717, 1.165) is 15.7 Å². The third-order valence-corrected chi connectivity index (χ3v) is 2.97. The zero-order valence-corrected chi connectivity index (χ0v) is 12.0. The van der Waals surface area contributed by atoms with E-state index in [9.17, 15) is 4.79 Å². The van der Waals surface area contributed by atoms with Crippen molar-refractivity contribution in [3.63, 3.8) is 0 Å². The molecule has 2 rings (SSSR count). The minimum Gasteiger partial charge on any atom is -0.380 e. The summed E-state index contributed by atoms with van der Waals surface area (Å²) < 4.78 is 5.87. The number of rotatable bonds is 4. The molecule has 1 N–H and O–H groups in total. The number of hydrogen-bond donors (Lipinski definition) is 1. The van der Waals surface area contributed by atoms with Gasteiger partial charge in [0.1, 0.15) is 0 Å². The summed E-state index contributed by atoms with van der Waals surface area (Å²) in [5.41, 5.74) is 2.18. The highest BCUT2D eigenvalue weighted by Gasteiger charge is 2.09. The number of nitrogens with one attached hydrogen (secondary N) is 1. The quantitative estimate of drug-likeness (QED) is 0.940. The summed E-state index contributed by atoms with van der Waals surface area (Å²) >= 11 is 3.29. The van der Waals surface area contributed by atoms with E-state index >= 15 is 0 Å². The molecule has 5 heteroatoms. The molecule has 2 aromatic rings. The van der Waals surface area contributed by atoms with Crippen LogP contribution in [0.4, 0.5) is 5.69 Å². The van der Waals surface area contributed by atoms with E-state index in [4.69, 9.17) is 4.74 Å². The molecule has 0 bridgehead atoms. The molecule has 4 nitrogen and oxygen atoms in total. The maximum atomic E-state index is 12.1. The molecule has 0 radical (unpaired) electrons. The fourth-order valence-corrected chi connectivity index (χ4v) is 2.02. The summed E-state index contributed by atoms with van der Waals surface area (Å²) in [6, 6.07) is 9.26. The monoisotopic (exact) mass is 320 g/mol. The van der Waals surface area contributed by atoms with Crippen molar-refractivity contribution in [2.24, 2.45) is 0 Å².